The first-order chi connectivity index (χ1) is 10.9. The Kier molecular flexibility index (Phi) is 5.69. The normalized spacial score (nSPS) is 10.1. The fraction of sp³-hybridized carbons (Fsp3) is 0.235. The number of benzene rings is 2. The minimum Gasteiger partial charge on any atom is -0.495 e. The van der Waals surface area contributed by atoms with Gasteiger partial charge in [-0.15, -0.1) is 0 Å². The van der Waals surface area contributed by atoms with E-state index in [2.05, 4.69) is 16.7 Å². The molecule has 0 amide bonds. The maximum Gasteiger partial charge on any atom is 0.175 e. The molecule has 6 heteroatoms. The van der Waals surface area contributed by atoms with Gasteiger partial charge in [0.15, 0.2) is 5.11 Å². The maximum absolute atomic E-state index is 6.16. The smallest absolute Gasteiger partial charge is 0.175 e. The van der Waals surface area contributed by atoms with Crippen LogP contribution < -0.4 is 20.1 Å². The zero-order valence-electron chi connectivity index (χ0n) is 13.5. The molecule has 122 valence electrons. The van der Waals surface area contributed by atoms with Crippen LogP contribution in [0.4, 0.5) is 11.4 Å². The molecule has 2 N–H and O–H groups in total. The van der Waals surface area contributed by atoms with Crippen LogP contribution in [0.15, 0.2) is 30.3 Å². The molecule has 0 saturated heterocycles. The van der Waals surface area contributed by atoms with Gasteiger partial charge in [-0.2, -0.15) is 0 Å². The molecule has 0 atom stereocenters. The summed E-state index contributed by atoms with van der Waals surface area (Å²) in [7, 11) is 3.13. The molecule has 0 aliphatic rings. The first-order valence-corrected chi connectivity index (χ1v) is 7.80. The van der Waals surface area contributed by atoms with E-state index in [1.165, 1.54) is 0 Å². The van der Waals surface area contributed by atoms with Crippen molar-refractivity contribution in [1.29, 1.82) is 0 Å². The van der Waals surface area contributed by atoms with Crippen molar-refractivity contribution in [1.82, 2.24) is 0 Å². The zero-order chi connectivity index (χ0) is 17.0. The third kappa shape index (κ3) is 4.27. The van der Waals surface area contributed by atoms with Gasteiger partial charge in [0.05, 0.1) is 24.9 Å². The summed E-state index contributed by atoms with van der Waals surface area (Å²) < 4.78 is 10.5. The largest absolute Gasteiger partial charge is 0.495 e. The highest BCUT2D eigenvalue weighted by atomic mass is 35.5. The third-order valence-electron chi connectivity index (χ3n) is 3.36. The molecule has 0 radical (unpaired) electrons. The number of thiocarbonyl (C=S) groups is 1. The number of hydrogen-bond donors (Lipinski definition) is 2. The molecule has 0 unspecified atom stereocenters. The van der Waals surface area contributed by atoms with E-state index in [0.717, 1.165) is 16.8 Å². The van der Waals surface area contributed by atoms with Crippen LogP contribution in [-0.2, 0) is 0 Å². The summed E-state index contributed by atoms with van der Waals surface area (Å²) in [6, 6.07) is 9.58. The van der Waals surface area contributed by atoms with Gasteiger partial charge >= 0.3 is 0 Å². The summed E-state index contributed by atoms with van der Waals surface area (Å²) in [6.07, 6.45) is 0. The number of ether oxygens (including phenoxy) is 2. The molecular formula is C17H19ClN2O2S. The summed E-state index contributed by atoms with van der Waals surface area (Å²) in [5, 5.41) is 7.23. The first-order valence-electron chi connectivity index (χ1n) is 7.01. The van der Waals surface area contributed by atoms with Gasteiger partial charge < -0.3 is 20.1 Å². The molecule has 0 heterocycles. The van der Waals surface area contributed by atoms with Crippen LogP contribution in [0.25, 0.3) is 0 Å². The average molecular weight is 351 g/mol. The Morgan fingerprint density at radius 2 is 1.61 bits per heavy atom. The molecule has 0 spiro atoms. The fourth-order valence-electron chi connectivity index (χ4n) is 2.10. The standard InChI is InChI=1S/C17H19ClN2O2S/c1-10-5-6-11(2)13(7-10)19-17(23)20-14-8-12(18)15(21-3)9-16(14)22-4/h5-9H,1-4H3,(H2,19,20,23). The average Bonchev–Trinajstić information content (AvgIpc) is 2.51. The van der Waals surface area contributed by atoms with E-state index < -0.39 is 0 Å². The molecule has 0 aromatic heterocycles. The number of hydrogen-bond acceptors (Lipinski definition) is 3. The zero-order valence-corrected chi connectivity index (χ0v) is 15.1. The third-order valence-corrected chi connectivity index (χ3v) is 3.86. The van der Waals surface area contributed by atoms with Crippen molar-refractivity contribution >= 4 is 40.3 Å². The lowest BCUT2D eigenvalue weighted by Gasteiger charge is -2.16. The monoisotopic (exact) mass is 350 g/mol. The Labute approximate surface area is 146 Å². The summed E-state index contributed by atoms with van der Waals surface area (Å²) >= 11 is 11.5. The van der Waals surface area contributed by atoms with Gasteiger partial charge in [-0.1, -0.05) is 23.7 Å². The number of aryl methyl sites for hydroxylation is 2. The van der Waals surface area contributed by atoms with Crippen LogP contribution in [0, 0.1) is 13.8 Å². The Morgan fingerprint density at radius 3 is 2.26 bits per heavy atom. The summed E-state index contributed by atoms with van der Waals surface area (Å²) in [5.74, 6) is 1.14. The number of anilines is 2. The second kappa shape index (κ2) is 7.53. The Bertz CT molecular complexity index is 735. The van der Waals surface area contributed by atoms with Gasteiger partial charge in [0, 0.05) is 11.8 Å². The lowest BCUT2D eigenvalue weighted by molar-refractivity contribution is 0.396. The quantitative estimate of drug-likeness (QED) is 0.776. The van der Waals surface area contributed by atoms with E-state index in [9.17, 15) is 0 Å². The van der Waals surface area contributed by atoms with Crippen molar-refractivity contribution < 1.29 is 9.47 Å². The van der Waals surface area contributed by atoms with Crippen molar-refractivity contribution in [2.75, 3.05) is 24.9 Å². The molecule has 2 aromatic rings. The summed E-state index contributed by atoms with van der Waals surface area (Å²) in [5.41, 5.74) is 3.90. The second-order valence-corrected chi connectivity index (χ2v) is 5.90. The lowest BCUT2D eigenvalue weighted by Crippen LogP contribution is -2.20. The van der Waals surface area contributed by atoms with Crippen molar-refractivity contribution in [3.8, 4) is 11.5 Å². The highest BCUT2D eigenvalue weighted by molar-refractivity contribution is 7.80. The Balaban J connectivity index is 2.20. The van der Waals surface area contributed by atoms with Crippen molar-refractivity contribution in [3.63, 3.8) is 0 Å². The number of nitrogens with one attached hydrogen (secondary N) is 2. The number of halogens is 1. The van der Waals surface area contributed by atoms with Crippen LogP contribution in [0.1, 0.15) is 11.1 Å². The highest BCUT2D eigenvalue weighted by Gasteiger charge is 2.11. The van der Waals surface area contributed by atoms with E-state index >= 15 is 0 Å². The topological polar surface area (TPSA) is 42.5 Å². The van der Waals surface area contributed by atoms with Crippen molar-refractivity contribution in [3.05, 3.63) is 46.5 Å². The van der Waals surface area contributed by atoms with Crippen LogP contribution >= 0.6 is 23.8 Å². The predicted molar refractivity (Wildman–Crippen MR) is 100 cm³/mol. The molecule has 0 aliphatic heterocycles. The van der Waals surface area contributed by atoms with Crippen molar-refractivity contribution in [2.24, 2.45) is 0 Å². The maximum atomic E-state index is 6.16. The van der Waals surface area contributed by atoms with Gasteiger partial charge in [-0.3, -0.25) is 0 Å². The Morgan fingerprint density at radius 1 is 0.957 bits per heavy atom. The lowest BCUT2D eigenvalue weighted by atomic mass is 10.1. The van der Waals surface area contributed by atoms with E-state index in [1.807, 2.05) is 26.0 Å². The Hall–Kier alpha value is -1.98. The molecule has 2 rings (SSSR count). The summed E-state index contributed by atoms with van der Waals surface area (Å²) in [4.78, 5) is 0. The molecule has 2 aromatic carbocycles. The van der Waals surface area contributed by atoms with Gasteiger partial charge in [0.2, 0.25) is 0 Å². The minimum absolute atomic E-state index is 0.457. The minimum atomic E-state index is 0.457. The molecule has 4 nitrogen and oxygen atoms in total. The van der Waals surface area contributed by atoms with E-state index in [0.29, 0.717) is 27.3 Å². The summed E-state index contributed by atoms with van der Waals surface area (Å²) in [6.45, 7) is 4.06. The molecular weight excluding hydrogens is 332 g/mol. The molecule has 0 aliphatic carbocycles. The van der Waals surface area contributed by atoms with Gasteiger partial charge in [-0.25, -0.2) is 0 Å². The second-order valence-electron chi connectivity index (χ2n) is 5.08. The molecule has 0 saturated carbocycles. The molecule has 0 bridgehead atoms. The van der Waals surface area contributed by atoms with Crippen LogP contribution in [0.2, 0.25) is 5.02 Å². The van der Waals surface area contributed by atoms with Gasteiger partial charge in [-0.05, 0) is 49.3 Å². The predicted octanol–water partition coefficient (Wildman–Crippen LogP) is 4.78. The van der Waals surface area contributed by atoms with Crippen LogP contribution in [-0.4, -0.2) is 19.3 Å². The molecule has 23 heavy (non-hydrogen) atoms. The van der Waals surface area contributed by atoms with Crippen LogP contribution in [0.3, 0.4) is 0 Å². The van der Waals surface area contributed by atoms with Gasteiger partial charge in [0.25, 0.3) is 0 Å². The first kappa shape index (κ1) is 17.4. The van der Waals surface area contributed by atoms with Gasteiger partial charge in [0.1, 0.15) is 11.5 Å². The highest BCUT2D eigenvalue weighted by Crippen LogP contribution is 2.36. The number of methoxy groups -OCH3 is 2. The van der Waals surface area contributed by atoms with Crippen molar-refractivity contribution in [2.45, 2.75) is 13.8 Å². The van der Waals surface area contributed by atoms with E-state index in [-0.39, 0.29) is 0 Å². The van der Waals surface area contributed by atoms with E-state index in [1.54, 1.807) is 26.4 Å². The van der Waals surface area contributed by atoms with E-state index in [4.69, 9.17) is 33.3 Å². The number of rotatable bonds is 4. The SMILES string of the molecule is COc1cc(OC)c(NC(=S)Nc2cc(C)ccc2C)cc1Cl. The molecule has 0 fully saturated rings. The van der Waals surface area contributed by atoms with Crippen LogP contribution in [0.5, 0.6) is 11.5 Å². The fourth-order valence-corrected chi connectivity index (χ4v) is 2.56.